The number of rotatable bonds is 2. The second-order valence-electron chi connectivity index (χ2n) is 6.41. The van der Waals surface area contributed by atoms with Crippen LogP contribution in [0.25, 0.3) is 0 Å². The van der Waals surface area contributed by atoms with Gasteiger partial charge in [0.15, 0.2) is 11.6 Å². The molecule has 0 heterocycles. The van der Waals surface area contributed by atoms with Gasteiger partial charge in [0, 0.05) is 16.7 Å². The van der Waals surface area contributed by atoms with E-state index in [0.29, 0.717) is 5.56 Å². The number of phenolic OH excluding ortho intramolecular Hbond substituents is 1. The lowest BCUT2D eigenvalue weighted by atomic mass is 9.82. The van der Waals surface area contributed by atoms with Gasteiger partial charge in [0.05, 0.1) is 16.8 Å². The first-order valence-corrected chi connectivity index (χ1v) is 8.40. The summed E-state index contributed by atoms with van der Waals surface area (Å²) in [7, 11) is 0. The topological polar surface area (TPSA) is 83.5 Å². The summed E-state index contributed by atoms with van der Waals surface area (Å²) in [6, 6.07) is 16.2. The van der Waals surface area contributed by atoms with E-state index in [2.05, 4.69) is 5.32 Å². The molecule has 0 fully saturated rings. The third kappa shape index (κ3) is 2.69. The molecule has 5 nitrogen and oxygen atoms in total. The van der Waals surface area contributed by atoms with Crippen molar-refractivity contribution in [3.63, 3.8) is 0 Å². The second kappa shape index (κ2) is 6.21. The number of aromatic hydroxyl groups is 1. The molecule has 2 N–H and O–H groups in total. The van der Waals surface area contributed by atoms with Crippen molar-refractivity contribution in [1.82, 2.24) is 0 Å². The summed E-state index contributed by atoms with van der Waals surface area (Å²) in [5.41, 5.74) is 2.07. The van der Waals surface area contributed by atoms with Gasteiger partial charge in [0.25, 0.3) is 5.91 Å². The van der Waals surface area contributed by atoms with Gasteiger partial charge < -0.3 is 10.4 Å². The van der Waals surface area contributed by atoms with Crippen molar-refractivity contribution < 1.29 is 19.5 Å². The van der Waals surface area contributed by atoms with Gasteiger partial charge in [-0.2, -0.15) is 0 Å². The number of ketones is 2. The molecule has 0 aliphatic heterocycles. The Balaban J connectivity index is 1.81. The predicted molar refractivity (Wildman–Crippen MR) is 101 cm³/mol. The monoisotopic (exact) mass is 357 g/mol. The number of amides is 1. The van der Waals surface area contributed by atoms with Gasteiger partial charge in [-0.15, -0.1) is 0 Å². The maximum atomic E-state index is 13.0. The van der Waals surface area contributed by atoms with E-state index in [-0.39, 0.29) is 33.7 Å². The van der Waals surface area contributed by atoms with Crippen LogP contribution < -0.4 is 5.32 Å². The lowest BCUT2D eigenvalue weighted by Gasteiger charge is -2.21. The number of carbonyl (C=O) groups is 3. The number of benzene rings is 3. The van der Waals surface area contributed by atoms with E-state index in [0.717, 1.165) is 5.56 Å². The molecule has 0 unspecified atom stereocenters. The average Bonchev–Trinajstić information content (AvgIpc) is 2.68. The quantitative estimate of drug-likeness (QED) is 0.536. The summed E-state index contributed by atoms with van der Waals surface area (Å²) in [6.07, 6.45) is 0. The second-order valence-corrected chi connectivity index (χ2v) is 6.41. The zero-order valence-corrected chi connectivity index (χ0v) is 14.4. The van der Waals surface area contributed by atoms with Gasteiger partial charge in [0.2, 0.25) is 0 Å². The molecule has 1 amide bonds. The molecule has 132 valence electrons. The SMILES string of the molecule is Cc1ccc(C(=O)Nc2ccc(O)c3c2C(=O)c2ccccc2C3=O)cc1. The zero-order chi connectivity index (χ0) is 19.1. The van der Waals surface area contributed by atoms with Crippen molar-refractivity contribution in [1.29, 1.82) is 0 Å². The standard InChI is InChI=1S/C22H15NO4/c1-12-6-8-13(9-7-12)22(27)23-16-10-11-17(24)19-18(16)20(25)14-4-2-3-5-15(14)21(19)26/h2-11,24H,1H3,(H,23,27). The molecule has 3 aromatic carbocycles. The van der Waals surface area contributed by atoms with Gasteiger partial charge >= 0.3 is 0 Å². The summed E-state index contributed by atoms with van der Waals surface area (Å²) < 4.78 is 0. The number of carbonyl (C=O) groups excluding carboxylic acids is 3. The number of anilines is 1. The Morgan fingerprint density at radius 3 is 2.04 bits per heavy atom. The van der Waals surface area contributed by atoms with Crippen LogP contribution in [0.4, 0.5) is 5.69 Å². The molecular formula is C22H15NO4. The first-order valence-electron chi connectivity index (χ1n) is 8.40. The minimum atomic E-state index is -0.441. The lowest BCUT2D eigenvalue weighted by molar-refractivity contribution is 0.0976. The number of phenols is 1. The molecule has 0 spiro atoms. The molecular weight excluding hydrogens is 342 g/mol. The van der Waals surface area contributed by atoms with E-state index in [4.69, 9.17) is 0 Å². The summed E-state index contributed by atoms with van der Waals surface area (Å²) in [6.45, 7) is 1.92. The summed E-state index contributed by atoms with van der Waals surface area (Å²) >= 11 is 0. The fourth-order valence-corrected chi connectivity index (χ4v) is 3.21. The van der Waals surface area contributed by atoms with Gasteiger partial charge in [-0.25, -0.2) is 0 Å². The van der Waals surface area contributed by atoms with E-state index >= 15 is 0 Å². The Morgan fingerprint density at radius 2 is 1.41 bits per heavy atom. The molecule has 3 aromatic rings. The van der Waals surface area contributed by atoms with Crippen LogP contribution in [0.3, 0.4) is 0 Å². The van der Waals surface area contributed by atoms with Crippen LogP contribution in [-0.2, 0) is 0 Å². The van der Waals surface area contributed by atoms with Crippen LogP contribution in [0.15, 0.2) is 60.7 Å². The molecule has 0 saturated carbocycles. The number of hydrogen-bond acceptors (Lipinski definition) is 4. The third-order valence-corrected chi connectivity index (χ3v) is 4.62. The zero-order valence-electron chi connectivity index (χ0n) is 14.4. The van der Waals surface area contributed by atoms with Crippen LogP contribution in [0.2, 0.25) is 0 Å². The fraction of sp³-hybridized carbons (Fsp3) is 0.0455. The normalized spacial score (nSPS) is 12.3. The first-order chi connectivity index (χ1) is 13.0. The molecule has 1 aliphatic rings. The highest BCUT2D eigenvalue weighted by Gasteiger charge is 2.34. The molecule has 1 aliphatic carbocycles. The van der Waals surface area contributed by atoms with Crippen LogP contribution in [0.5, 0.6) is 5.75 Å². The summed E-state index contributed by atoms with van der Waals surface area (Å²) in [4.78, 5) is 38.3. The fourth-order valence-electron chi connectivity index (χ4n) is 3.21. The Labute approximate surface area is 155 Å². The highest BCUT2D eigenvalue weighted by Crippen LogP contribution is 2.37. The molecule has 4 rings (SSSR count). The maximum Gasteiger partial charge on any atom is 0.255 e. The minimum absolute atomic E-state index is 0.0131. The molecule has 5 heteroatoms. The van der Waals surface area contributed by atoms with Crippen LogP contribution in [-0.4, -0.2) is 22.6 Å². The molecule has 27 heavy (non-hydrogen) atoms. The van der Waals surface area contributed by atoms with E-state index in [1.807, 2.05) is 19.1 Å². The van der Waals surface area contributed by atoms with E-state index in [1.54, 1.807) is 36.4 Å². The number of aryl methyl sites for hydroxylation is 1. The summed E-state index contributed by atoms with van der Waals surface area (Å²) in [5, 5.41) is 12.9. The van der Waals surface area contributed by atoms with Crippen molar-refractivity contribution in [2.45, 2.75) is 6.92 Å². The minimum Gasteiger partial charge on any atom is -0.507 e. The first kappa shape index (κ1) is 16.7. The third-order valence-electron chi connectivity index (χ3n) is 4.62. The average molecular weight is 357 g/mol. The Bertz CT molecular complexity index is 1110. The van der Waals surface area contributed by atoms with Gasteiger partial charge in [0.1, 0.15) is 5.75 Å². The summed E-state index contributed by atoms with van der Waals surface area (Å²) in [5.74, 6) is -1.53. The Hall–Kier alpha value is -3.73. The number of hydrogen-bond donors (Lipinski definition) is 2. The van der Waals surface area contributed by atoms with Crippen LogP contribution in [0.1, 0.15) is 47.8 Å². The molecule has 0 bridgehead atoms. The predicted octanol–water partition coefficient (Wildman–Crippen LogP) is 3.73. The Morgan fingerprint density at radius 1 is 0.815 bits per heavy atom. The van der Waals surface area contributed by atoms with E-state index < -0.39 is 17.5 Å². The van der Waals surface area contributed by atoms with E-state index in [9.17, 15) is 19.5 Å². The highest BCUT2D eigenvalue weighted by molar-refractivity contribution is 6.31. The molecule has 0 radical (unpaired) electrons. The van der Waals surface area contributed by atoms with Crippen molar-refractivity contribution in [2.24, 2.45) is 0 Å². The maximum absolute atomic E-state index is 13.0. The van der Waals surface area contributed by atoms with Gasteiger partial charge in [-0.1, -0.05) is 42.0 Å². The Kier molecular flexibility index (Phi) is 3.85. The van der Waals surface area contributed by atoms with Crippen molar-refractivity contribution >= 4 is 23.2 Å². The molecule has 0 saturated heterocycles. The van der Waals surface area contributed by atoms with Gasteiger partial charge in [-0.3, -0.25) is 14.4 Å². The van der Waals surface area contributed by atoms with Crippen LogP contribution >= 0.6 is 0 Å². The smallest absolute Gasteiger partial charge is 0.255 e. The largest absolute Gasteiger partial charge is 0.507 e. The van der Waals surface area contributed by atoms with Gasteiger partial charge in [-0.05, 0) is 31.2 Å². The van der Waals surface area contributed by atoms with E-state index in [1.165, 1.54) is 12.1 Å². The van der Waals surface area contributed by atoms with Crippen molar-refractivity contribution in [3.05, 3.63) is 94.0 Å². The number of nitrogens with one attached hydrogen (secondary N) is 1. The van der Waals surface area contributed by atoms with Crippen LogP contribution in [0, 0.1) is 6.92 Å². The lowest BCUT2D eigenvalue weighted by Crippen LogP contribution is -2.24. The highest BCUT2D eigenvalue weighted by atomic mass is 16.3. The molecule has 0 aromatic heterocycles. The van der Waals surface area contributed by atoms with Crippen molar-refractivity contribution in [3.8, 4) is 5.75 Å². The molecule has 0 atom stereocenters. The number of fused-ring (bicyclic) bond motifs is 2. The van der Waals surface area contributed by atoms with Crippen molar-refractivity contribution in [2.75, 3.05) is 5.32 Å².